The number of carbonyl (C=O) groups excluding carboxylic acids is 4. The number of rotatable bonds is 17. The van der Waals surface area contributed by atoms with E-state index in [0.717, 1.165) is 37.7 Å². The molecule has 0 heterocycles. The molecule has 10 heteroatoms. The van der Waals surface area contributed by atoms with Crippen molar-refractivity contribution in [2.75, 3.05) is 26.3 Å². The summed E-state index contributed by atoms with van der Waals surface area (Å²) in [7, 11) is 0. The van der Waals surface area contributed by atoms with Crippen LogP contribution < -0.4 is 10.6 Å². The van der Waals surface area contributed by atoms with Crippen molar-refractivity contribution in [1.29, 1.82) is 0 Å². The van der Waals surface area contributed by atoms with Gasteiger partial charge in [-0.3, -0.25) is 14.4 Å². The first-order valence-corrected chi connectivity index (χ1v) is 14.3. The van der Waals surface area contributed by atoms with E-state index in [1.165, 1.54) is 4.90 Å². The number of nitrogens with zero attached hydrogens (tertiary/aromatic N) is 1. The number of nitrogens with one attached hydrogen (secondary N) is 2. The number of carbonyl (C=O) groups is 4. The van der Waals surface area contributed by atoms with E-state index in [-0.39, 0.29) is 26.1 Å². The largest absolute Gasteiger partial charge is 0.466 e. The van der Waals surface area contributed by atoms with Crippen LogP contribution in [0.25, 0.3) is 0 Å². The number of unbranched alkanes of at least 4 members (excludes halogenated alkanes) is 5. The van der Waals surface area contributed by atoms with Crippen LogP contribution >= 0.6 is 0 Å². The van der Waals surface area contributed by atoms with Crippen molar-refractivity contribution in [2.45, 2.75) is 104 Å². The van der Waals surface area contributed by atoms with E-state index in [0.29, 0.717) is 12.0 Å². The molecule has 1 aromatic carbocycles. The minimum absolute atomic E-state index is 0.00889. The molecule has 3 amide bonds. The highest BCUT2D eigenvalue weighted by atomic mass is 16.6. The van der Waals surface area contributed by atoms with Gasteiger partial charge in [-0.25, -0.2) is 4.79 Å². The number of amides is 3. The smallest absolute Gasteiger partial charge is 0.408 e. The molecule has 0 radical (unpaired) electrons. The Morgan fingerprint density at radius 1 is 0.975 bits per heavy atom. The van der Waals surface area contributed by atoms with Gasteiger partial charge in [0, 0.05) is 13.1 Å². The summed E-state index contributed by atoms with van der Waals surface area (Å²) in [5, 5.41) is 15.3. The van der Waals surface area contributed by atoms with E-state index in [1.54, 1.807) is 39.8 Å². The lowest BCUT2D eigenvalue weighted by molar-refractivity contribution is -0.144. The van der Waals surface area contributed by atoms with Gasteiger partial charge in [0.25, 0.3) is 0 Å². The average Bonchev–Trinajstić information content (AvgIpc) is 2.88. The third-order valence-electron chi connectivity index (χ3n) is 6.09. The molecule has 0 aromatic heterocycles. The Morgan fingerprint density at radius 2 is 1.60 bits per heavy atom. The van der Waals surface area contributed by atoms with Gasteiger partial charge in [0.1, 0.15) is 17.7 Å². The molecular formula is C30H49N3O7. The molecule has 3 N–H and O–H groups in total. The molecule has 0 aliphatic heterocycles. The fourth-order valence-electron chi connectivity index (χ4n) is 4.10. The first kappa shape index (κ1) is 34.9. The monoisotopic (exact) mass is 563 g/mol. The normalized spacial score (nSPS) is 12.7. The first-order chi connectivity index (χ1) is 18.9. The third kappa shape index (κ3) is 13.3. The number of benzene rings is 1. The van der Waals surface area contributed by atoms with Crippen molar-refractivity contribution < 1.29 is 33.8 Å². The zero-order valence-corrected chi connectivity index (χ0v) is 25.1. The lowest BCUT2D eigenvalue weighted by atomic mass is 10.0. The van der Waals surface area contributed by atoms with Crippen LogP contribution in [-0.4, -0.2) is 71.8 Å². The number of aryl methyl sites for hydroxylation is 1. The van der Waals surface area contributed by atoms with Crippen LogP contribution in [0.4, 0.5) is 4.79 Å². The summed E-state index contributed by atoms with van der Waals surface area (Å²) >= 11 is 0. The number of hydrogen-bond donors (Lipinski definition) is 3. The summed E-state index contributed by atoms with van der Waals surface area (Å²) in [6.45, 7) is 10.7. The molecule has 40 heavy (non-hydrogen) atoms. The predicted octanol–water partition coefficient (Wildman–Crippen LogP) is 4.18. The molecule has 0 spiro atoms. The van der Waals surface area contributed by atoms with Gasteiger partial charge in [-0.15, -0.1) is 0 Å². The van der Waals surface area contributed by atoms with Crippen molar-refractivity contribution in [3.05, 3.63) is 35.4 Å². The molecule has 226 valence electrons. The fraction of sp³-hybridized carbons (Fsp3) is 0.667. The van der Waals surface area contributed by atoms with Crippen molar-refractivity contribution in [1.82, 2.24) is 15.5 Å². The summed E-state index contributed by atoms with van der Waals surface area (Å²) in [6, 6.07) is 4.91. The molecule has 1 aromatic rings. The molecule has 0 aliphatic rings. The molecule has 10 nitrogen and oxygen atoms in total. The van der Waals surface area contributed by atoms with Crippen LogP contribution in [-0.2, 0) is 23.9 Å². The molecule has 2 atom stereocenters. The third-order valence-corrected chi connectivity index (χ3v) is 6.09. The number of aliphatic hydroxyl groups is 1. The van der Waals surface area contributed by atoms with Crippen molar-refractivity contribution >= 4 is 23.9 Å². The second-order valence-electron chi connectivity index (χ2n) is 10.8. The van der Waals surface area contributed by atoms with Gasteiger partial charge in [-0.2, -0.15) is 0 Å². The second kappa shape index (κ2) is 18.3. The topological polar surface area (TPSA) is 134 Å². The average molecular weight is 564 g/mol. The first-order valence-electron chi connectivity index (χ1n) is 14.3. The number of hydrogen-bond acceptors (Lipinski definition) is 7. The van der Waals surface area contributed by atoms with Crippen LogP contribution in [0.5, 0.6) is 0 Å². The summed E-state index contributed by atoms with van der Waals surface area (Å²) in [5.74, 6) is -1.51. The van der Waals surface area contributed by atoms with E-state index in [4.69, 9.17) is 9.47 Å². The number of esters is 1. The summed E-state index contributed by atoms with van der Waals surface area (Å²) < 4.78 is 10.2. The van der Waals surface area contributed by atoms with Gasteiger partial charge in [0.15, 0.2) is 0 Å². The van der Waals surface area contributed by atoms with Crippen molar-refractivity contribution in [2.24, 2.45) is 0 Å². The van der Waals surface area contributed by atoms with Crippen LogP contribution in [0.15, 0.2) is 24.3 Å². The minimum atomic E-state index is -1.31. The highest BCUT2D eigenvalue weighted by Crippen LogP contribution is 2.24. The van der Waals surface area contributed by atoms with E-state index in [9.17, 15) is 24.3 Å². The molecule has 0 saturated carbocycles. The van der Waals surface area contributed by atoms with Crippen LogP contribution in [0.2, 0.25) is 0 Å². The van der Waals surface area contributed by atoms with E-state index in [1.807, 2.05) is 19.1 Å². The van der Waals surface area contributed by atoms with Crippen LogP contribution in [0, 0.1) is 6.92 Å². The maximum absolute atomic E-state index is 13.8. The summed E-state index contributed by atoms with van der Waals surface area (Å²) in [4.78, 5) is 53.1. The molecule has 0 aliphatic carbocycles. The number of alkyl carbamates (subject to hydrolysis) is 1. The lowest BCUT2D eigenvalue weighted by Crippen LogP contribution is -2.54. The highest BCUT2D eigenvalue weighted by Gasteiger charge is 2.35. The van der Waals surface area contributed by atoms with Crippen LogP contribution in [0.3, 0.4) is 0 Å². The Hall–Kier alpha value is -3.14. The van der Waals surface area contributed by atoms with Gasteiger partial charge in [0.05, 0.1) is 19.6 Å². The molecule has 0 fully saturated rings. The zero-order valence-electron chi connectivity index (χ0n) is 25.1. The molecule has 0 saturated heterocycles. The Labute approximate surface area is 239 Å². The highest BCUT2D eigenvalue weighted by molar-refractivity contribution is 5.92. The van der Waals surface area contributed by atoms with E-state index < -0.39 is 48.2 Å². The molecule has 2 unspecified atom stereocenters. The maximum atomic E-state index is 13.8. The number of aliphatic hydroxyl groups excluding tert-OH is 1. The molecule has 1 rings (SSSR count). The second-order valence-corrected chi connectivity index (χ2v) is 10.8. The maximum Gasteiger partial charge on any atom is 0.408 e. The van der Waals surface area contributed by atoms with Gasteiger partial charge in [0.2, 0.25) is 11.8 Å². The molecular weight excluding hydrogens is 514 g/mol. The van der Waals surface area contributed by atoms with E-state index in [2.05, 4.69) is 17.6 Å². The van der Waals surface area contributed by atoms with Gasteiger partial charge >= 0.3 is 12.1 Å². The van der Waals surface area contributed by atoms with Crippen molar-refractivity contribution in [3.63, 3.8) is 0 Å². The van der Waals surface area contributed by atoms with Gasteiger partial charge in [-0.1, -0.05) is 68.9 Å². The summed E-state index contributed by atoms with van der Waals surface area (Å²) in [6.07, 6.45) is 4.97. The molecule has 0 bridgehead atoms. The standard InChI is InChI=1S/C30H49N3O7/c1-7-9-10-11-12-13-20-33(28(37)24(21-34)32-29(38)40-30(4,5)6)26(23-16-14-22(3)15-17-23)27(36)31-19-18-25(35)39-8-2/h14-17,24,26,34H,7-13,18-21H2,1-6H3,(H,31,36)(H,32,38). The Balaban J connectivity index is 3.29. The quantitative estimate of drug-likeness (QED) is 0.191. The number of ether oxygens (including phenoxy) is 2. The minimum Gasteiger partial charge on any atom is -0.466 e. The van der Waals surface area contributed by atoms with Crippen molar-refractivity contribution in [3.8, 4) is 0 Å². The summed E-state index contributed by atoms with van der Waals surface area (Å²) in [5.41, 5.74) is 0.764. The van der Waals surface area contributed by atoms with E-state index >= 15 is 0 Å². The lowest BCUT2D eigenvalue weighted by Gasteiger charge is -2.34. The zero-order chi connectivity index (χ0) is 30.1. The predicted molar refractivity (Wildman–Crippen MR) is 154 cm³/mol. The Kier molecular flexibility index (Phi) is 15.9. The SMILES string of the molecule is CCCCCCCCN(C(=O)C(CO)NC(=O)OC(C)(C)C)C(C(=O)NCCC(=O)OCC)c1ccc(C)cc1. The van der Waals surface area contributed by atoms with Crippen LogP contribution in [0.1, 0.15) is 96.7 Å². The van der Waals surface area contributed by atoms with Gasteiger partial charge < -0.3 is 30.1 Å². The van der Waals surface area contributed by atoms with Gasteiger partial charge in [-0.05, 0) is 46.6 Å². The Morgan fingerprint density at radius 3 is 2.17 bits per heavy atom. The fourth-order valence-corrected chi connectivity index (χ4v) is 4.10. The Bertz CT molecular complexity index is 928.